The van der Waals surface area contributed by atoms with Gasteiger partial charge in [-0.15, -0.1) is 0 Å². The first-order valence-corrected chi connectivity index (χ1v) is 9.50. The Morgan fingerprint density at radius 1 is 1.39 bits per heavy atom. The lowest BCUT2D eigenvalue weighted by Gasteiger charge is -2.26. The molecular formula is C19H30N4O4S. The SMILES string of the molecule is Cc1[nH]nc2cccc(OC[C@@H](O)CCCCNC(=O)N3CCOCC3)c12.S. The van der Waals surface area contributed by atoms with Gasteiger partial charge in [-0.2, -0.15) is 18.6 Å². The topological polar surface area (TPSA) is 99.7 Å². The fourth-order valence-electron chi connectivity index (χ4n) is 3.16. The molecule has 2 aromatic rings. The van der Waals surface area contributed by atoms with Gasteiger partial charge in [-0.25, -0.2) is 4.79 Å². The van der Waals surface area contributed by atoms with E-state index in [0.717, 1.165) is 35.2 Å². The highest BCUT2D eigenvalue weighted by Gasteiger charge is 2.16. The Bertz CT molecular complexity index is 749. The fourth-order valence-corrected chi connectivity index (χ4v) is 3.16. The molecule has 1 aliphatic heterocycles. The predicted molar refractivity (Wildman–Crippen MR) is 112 cm³/mol. The molecule has 3 rings (SSSR count). The van der Waals surface area contributed by atoms with Crippen molar-refractivity contribution in [2.45, 2.75) is 32.3 Å². The molecular weight excluding hydrogens is 380 g/mol. The number of carbonyl (C=O) groups is 1. The second kappa shape index (κ2) is 11.1. The van der Waals surface area contributed by atoms with Gasteiger partial charge in [0.05, 0.1) is 30.2 Å². The minimum atomic E-state index is -0.539. The highest BCUT2D eigenvalue weighted by atomic mass is 32.1. The summed E-state index contributed by atoms with van der Waals surface area (Å²) < 4.78 is 11.0. The van der Waals surface area contributed by atoms with Crippen LogP contribution in [-0.4, -0.2) is 71.8 Å². The maximum atomic E-state index is 11.9. The third kappa shape index (κ3) is 6.02. The van der Waals surface area contributed by atoms with Gasteiger partial charge < -0.3 is 24.8 Å². The van der Waals surface area contributed by atoms with E-state index in [9.17, 15) is 9.90 Å². The number of aromatic nitrogens is 2. The Morgan fingerprint density at radius 2 is 2.18 bits per heavy atom. The minimum absolute atomic E-state index is 0. The number of carbonyl (C=O) groups excluding carboxylic acids is 1. The van der Waals surface area contributed by atoms with Gasteiger partial charge in [0.15, 0.2) is 0 Å². The van der Waals surface area contributed by atoms with Crippen LogP contribution in [0.2, 0.25) is 0 Å². The molecule has 0 aliphatic carbocycles. The Balaban J connectivity index is 0.00000280. The van der Waals surface area contributed by atoms with Gasteiger partial charge in [0.25, 0.3) is 0 Å². The number of morpholine rings is 1. The summed E-state index contributed by atoms with van der Waals surface area (Å²) in [5, 5.41) is 21.2. The molecule has 28 heavy (non-hydrogen) atoms. The highest BCUT2D eigenvalue weighted by Crippen LogP contribution is 2.26. The summed E-state index contributed by atoms with van der Waals surface area (Å²) in [7, 11) is 0. The third-order valence-corrected chi connectivity index (χ3v) is 4.69. The van der Waals surface area contributed by atoms with Crippen LogP contribution in [0, 0.1) is 6.92 Å². The van der Waals surface area contributed by atoms with Crippen LogP contribution in [0.15, 0.2) is 18.2 Å². The number of benzene rings is 1. The van der Waals surface area contributed by atoms with Gasteiger partial charge in [0, 0.05) is 25.3 Å². The third-order valence-electron chi connectivity index (χ3n) is 4.69. The van der Waals surface area contributed by atoms with Crippen LogP contribution < -0.4 is 10.1 Å². The zero-order valence-electron chi connectivity index (χ0n) is 16.2. The number of fused-ring (bicyclic) bond motifs is 1. The number of rotatable bonds is 8. The van der Waals surface area contributed by atoms with Gasteiger partial charge in [-0.1, -0.05) is 6.07 Å². The molecule has 1 aromatic carbocycles. The molecule has 0 radical (unpaired) electrons. The summed E-state index contributed by atoms with van der Waals surface area (Å²) in [5.74, 6) is 0.732. The molecule has 0 saturated carbocycles. The van der Waals surface area contributed by atoms with Crippen molar-refractivity contribution in [1.82, 2.24) is 20.4 Å². The average molecular weight is 411 g/mol. The Morgan fingerprint density at radius 3 is 2.96 bits per heavy atom. The smallest absolute Gasteiger partial charge is 0.317 e. The van der Waals surface area contributed by atoms with E-state index in [-0.39, 0.29) is 26.1 Å². The van der Waals surface area contributed by atoms with E-state index in [4.69, 9.17) is 9.47 Å². The van der Waals surface area contributed by atoms with Gasteiger partial charge in [-0.05, 0) is 38.3 Å². The number of unbranched alkanes of at least 4 members (excludes halogenated alkanes) is 1. The number of ether oxygens (including phenoxy) is 2. The second-order valence-electron chi connectivity index (χ2n) is 6.79. The first kappa shape index (κ1) is 22.3. The average Bonchev–Trinajstić information content (AvgIpc) is 3.08. The molecule has 0 bridgehead atoms. The molecule has 8 nitrogen and oxygen atoms in total. The summed E-state index contributed by atoms with van der Waals surface area (Å²) in [6.07, 6.45) is 1.74. The zero-order valence-corrected chi connectivity index (χ0v) is 17.2. The van der Waals surface area contributed by atoms with Crippen LogP contribution >= 0.6 is 13.5 Å². The summed E-state index contributed by atoms with van der Waals surface area (Å²) in [4.78, 5) is 13.7. The Hall–Kier alpha value is -1.97. The number of aryl methyl sites for hydroxylation is 1. The molecule has 9 heteroatoms. The van der Waals surface area contributed by atoms with E-state index in [0.29, 0.717) is 39.3 Å². The summed E-state index contributed by atoms with van der Waals surface area (Å²) in [6, 6.07) is 5.67. The quantitative estimate of drug-likeness (QED) is 0.578. The normalized spacial score (nSPS) is 15.1. The Labute approximate surface area is 172 Å². The highest BCUT2D eigenvalue weighted by molar-refractivity contribution is 7.59. The van der Waals surface area contributed by atoms with E-state index in [1.54, 1.807) is 4.90 Å². The summed E-state index contributed by atoms with van der Waals surface area (Å²) in [5.41, 5.74) is 1.81. The van der Waals surface area contributed by atoms with Crippen LogP contribution in [-0.2, 0) is 4.74 Å². The van der Waals surface area contributed by atoms with Gasteiger partial charge >= 0.3 is 6.03 Å². The lowest BCUT2D eigenvalue weighted by atomic mass is 10.1. The zero-order chi connectivity index (χ0) is 19.1. The summed E-state index contributed by atoms with van der Waals surface area (Å²) >= 11 is 0. The van der Waals surface area contributed by atoms with E-state index in [1.165, 1.54) is 0 Å². The first-order valence-electron chi connectivity index (χ1n) is 9.50. The van der Waals surface area contributed by atoms with Gasteiger partial charge in [0.1, 0.15) is 12.4 Å². The molecule has 1 fully saturated rings. The molecule has 1 aromatic heterocycles. The number of aliphatic hydroxyl groups excluding tert-OH is 1. The maximum absolute atomic E-state index is 11.9. The first-order chi connectivity index (χ1) is 13.1. The number of aromatic amines is 1. The predicted octanol–water partition coefficient (Wildman–Crippen LogP) is 1.94. The number of hydrogen-bond donors (Lipinski definition) is 3. The largest absolute Gasteiger partial charge is 0.490 e. The van der Waals surface area contributed by atoms with Crippen molar-refractivity contribution < 1.29 is 19.4 Å². The van der Waals surface area contributed by atoms with Crippen molar-refractivity contribution >= 4 is 30.4 Å². The van der Waals surface area contributed by atoms with E-state index in [1.807, 2.05) is 25.1 Å². The second-order valence-corrected chi connectivity index (χ2v) is 6.79. The number of amides is 2. The molecule has 156 valence electrons. The van der Waals surface area contributed by atoms with Crippen LogP contribution in [0.1, 0.15) is 25.0 Å². The standard InChI is InChI=1S/C19H28N4O4.H2S/c1-14-18-16(22-21-14)6-4-7-17(18)27-13-15(24)5-2-3-8-20-19(25)23-9-11-26-12-10-23;/h4,6-7,15,24H,2-3,5,8-13H2,1H3,(H,20,25)(H,21,22);1H2/t15-;/m0./s1. The Kier molecular flexibility index (Phi) is 8.88. The van der Waals surface area contributed by atoms with Crippen molar-refractivity contribution in [3.05, 3.63) is 23.9 Å². The number of nitrogens with one attached hydrogen (secondary N) is 2. The monoisotopic (exact) mass is 410 g/mol. The molecule has 1 aliphatic rings. The molecule has 0 unspecified atom stereocenters. The molecule has 3 N–H and O–H groups in total. The van der Waals surface area contributed by atoms with Gasteiger partial charge in [-0.3, -0.25) is 5.10 Å². The lowest BCUT2D eigenvalue weighted by molar-refractivity contribution is 0.0532. The fraction of sp³-hybridized carbons (Fsp3) is 0.579. The molecule has 1 saturated heterocycles. The lowest BCUT2D eigenvalue weighted by Crippen LogP contribution is -2.46. The minimum Gasteiger partial charge on any atom is -0.490 e. The van der Waals surface area contributed by atoms with E-state index in [2.05, 4.69) is 15.5 Å². The van der Waals surface area contributed by atoms with Gasteiger partial charge in [0.2, 0.25) is 0 Å². The molecule has 1 atom stereocenters. The maximum Gasteiger partial charge on any atom is 0.317 e. The van der Waals surface area contributed by atoms with Crippen molar-refractivity contribution in [3.63, 3.8) is 0 Å². The van der Waals surface area contributed by atoms with Crippen LogP contribution in [0.25, 0.3) is 10.9 Å². The van der Waals surface area contributed by atoms with Crippen LogP contribution in [0.4, 0.5) is 4.79 Å². The number of urea groups is 1. The number of aliphatic hydroxyl groups is 1. The summed E-state index contributed by atoms with van der Waals surface area (Å²) in [6.45, 7) is 5.29. The van der Waals surface area contributed by atoms with Crippen molar-refractivity contribution in [2.75, 3.05) is 39.5 Å². The van der Waals surface area contributed by atoms with Crippen molar-refractivity contribution in [2.24, 2.45) is 0 Å². The van der Waals surface area contributed by atoms with Crippen molar-refractivity contribution in [3.8, 4) is 5.75 Å². The van der Waals surface area contributed by atoms with E-state index < -0.39 is 6.10 Å². The van der Waals surface area contributed by atoms with Crippen LogP contribution in [0.3, 0.4) is 0 Å². The number of H-pyrrole nitrogens is 1. The molecule has 0 spiro atoms. The molecule has 2 heterocycles. The van der Waals surface area contributed by atoms with Crippen molar-refractivity contribution in [1.29, 1.82) is 0 Å². The molecule has 2 amide bonds. The van der Waals surface area contributed by atoms with Crippen LogP contribution in [0.5, 0.6) is 5.75 Å². The number of hydrogen-bond acceptors (Lipinski definition) is 5. The number of nitrogens with zero attached hydrogens (tertiary/aromatic N) is 2. The van der Waals surface area contributed by atoms with E-state index >= 15 is 0 Å².